The van der Waals surface area contributed by atoms with Crippen molar-refractivity contribution in [3.63, 3.8) is 0 Å². The summed E-state index contributed by atoms with van der Waals surface area (Å²) >= 11 is 0. The smallest absolute Gasteiger partial charge is 0.318 e. The number of pyridine rings is 1. The quantitative estimate of drug-likeness (QED) is 0.473. The van der Waals surface area contributed by atoms with Crippen LogP contribution in [0.3, 0.4) is 0 Å². The standard InChI is InChI=1S/C22H31N7O2.C2H6/c1-14-12-28(2)22(8-4-5-9-22)13-29(14)21(31)26-17-11-15(18(17)23)19(24)27-20(30)16-7-3-6-10-25-16;1-2/h3,6-7,10,14,17H,4-5,8-9,11-13,23H2,1-2H3,(H,26,31)(H2,24,27,30);1-2H3. The van der Waals surface area contributed by atoms with Crippen LogP contribution in [0.2, 0.25) is 0 Å². The first-order valence-corrected chi connectivity index (χ1v) is 11.9. The second-order valence-corrected chi connectivity index (χ2v) is 8.95. The van der Waals surface area contributed by atoms with Crippen molar-refractivity contribution >= 4 is 17.8 Å². The molecule has 2 aliphatic carbocycles. The molecule has 3 aliphatic rings. The number of carbonyl (C=O) groups excluding carboxylic acids is 2. The molecule has 5 N–H and O–H groups in total. The monoisotopic (exact) mass is 455 g/mol. The van der Waals surface area contributed by atoms with Gasteiger partial charge in [0.15, 0.2) is 0 Å². The van der Waals surface area contributed by atoms with E-state index in [9.17, 15) is 9.59 Å². The lowest BCUT2D eigenvalue weighted by molar-refractivity contribution is 0.00766. The number of piperazine rings is 1. The number of hydrogen-bond donors (Lipinski definition) is 3. The van der Waals surface area contributed by atoms with Gasteiger partial charge in [0, 0.05) is 48.6 Å². The van der Waals surface area contributed by atoms with E-state index in [4.69, 9.17) is 11.5 Å². The maximum absolute atomic E-state index is 13.0. The van der Waals surface area contributed by atoms with E-state index in [-0.39, 0.29) is 35.2 Å². The van der Waals surface area contributed by atoms with Crippen LogP contribution in [-0.2, 0) is 0 Å². The van der Waals surface area contributed by atoms with Gasteiger partial charge in [-0.25, -0.2) is 4.79 Å². The largest absolute Gasteiger partial charge is 0.400 e. The van der Waals surface area contributed by atoms with Crippen LogP contribution in [0.5, 0.6) is 0 Å². The van der Waals surface area contributed by atoms with Crippen molar-refractivity contribution < 1.29 is 9.59 Å². The predicted molar refractivity (Wildman–Crippen MR) is 130 cm³/mol. The van der Waals surface area contributed by atoms with Crippen molar-refractivity contribution in [1.82, 2.24) is 20.1 Å². The van der Waals surface area contributed by atoms with Crippen LogP contribution in [0.15, 0.2) is 40.7 Å². The highest BCUT2D eigenvalue weighted by Crippen LogP contribution is 2.38. The Morgan fingerprint density at radius 2 is 1.94 bits per heavy atom. The number of nitrogens with one attached hydrogen (secondary N) is 1. The fraction of sp³-hybridized carbons (Fsp3) is 0.583. The Morgan fingerprint density at radius 3 is 2.55 bits per heavy atom. The zero-order chi connectivity index (χ0) is 24.2. The number of rotatable bonds is 3. The topological polar surface area (TPSA) is 130 Å². The van der Waals surface area contributed by atoms with Gasteiger partial charge in [-0.05, 0) is 38.9 Å². The molecule has 1 aromatic heterocycles. The summed E-state index contributed by atoms with van der Waals surface area (Å²) in [6, 6.07) is 4.74. The summed E-state index contributed by atoms with van der Waals surface area (Å²) in [6.07, 6.45) is 6.67. The van der Waals surface area contributed by atoms with Crippen LogP contribution in [-0.4, -0.2) is 70.3 Å². The molecule has 1 saturated carbocycles. The first kappa shape index (κ1) is 24.7. The number of carbonyl (C=O) groups is 2. The molecule has 2 atom stereocenters. The number of nitrogens with zero attached hydrogens (tertiary/aromatic N) is 4. The van der Waals surface area contributed by atoms with E-state index in [1.807, 2.05) is 18.7 Å². The Labute approximate surface area is 196 Å². The number of likely N-dealkylation sites (N-methyl/N-ethyl adjacent to an activating group) is 1. The van der Waals surface area contributed by atoms with Crippen molar-refractivity contribution in [3.05, 3.63) is 41.4 Å². The van der Waals surface area contributed by atoms with Crippen molar-refractivity contribution in [1.29, 1.82) is 0 Å². The average molecular weight is 456 g/mol. The van der Waals surface area contributed by atoms with Crippen LogP contribution in [0.1, 0.15) is 63.4 Å². The molecule has 4 rings (SSSR count). The summed E-state index contributed by atoms with van der Waals surface area (Å²) in [5.41, 5.74) is 13.6. The summed E-state index contributed by atoms with van der Waals surface area (Å²) in [5, 5.41) is 3.04. The first-order chi connectivity index (χ1) is 15.8. The van der Waals surface area contributed by atoms with Crippen LogP contribution in [0.4, 0.5) is 4.79 Å². The molecule has 2 fully saturated rings. The highest BCUT2D eigenvalue weighted by molar-refractivity contribution is 6.09. The number of aromatic nitrogens is 1. The Balaban J connectivity index is 0.00000149. The van der Waals surface area contributed by atoms with Gasteiger partial charge >= 0.3 is 6.03 Å². The van der Waals surface area contributed by atoms with E-state index < -0.39 is 5.91 Å². The Morgan fingerprint density at radius 1 is 1.24 bits per heavy atom. The normalized spacial score (nSPS) is 24.7. The fourth-order valence-corrected chi connectivity index (χ4v) is 4.97. The highest BCUT2D eigenvalue weighted by atomic mass is 16.2. The van der Waals surface area contributed by atoms with Gasteiger partial charge in [-0.15, -0.1) is 0 Å². The molecule has 1 spiro atoms. The fourth-order valence-electron chi connectivity index (χ4n) is 4.97. The van der Waals surface area contributed by atoms with E-state index in [1.54, 1.807) is 18.2 Å². The summed E-state index contributed by atoms with van der Waals surface area (Å²) in [5.74, 6) is -0.435. The molecule has 180 valence electrons. The molecule has 2 heterocycles. The SMILES string of the molecule is CC.CC1CN(C)C2(CCCC2)CN1C(=O)NC1CC(C(N)=NC(=O)c2ccccn2)=C1N. The third-order valence-corrected chi connectivity index (χ3v) is 6.98. The van der Waals surface area contributed by atoms with Crippen LogP contribution < -0.4 is 16.8 Å². The average Bonchev–Trinajstić information content (AvgIpc) is 3.30. The number of aliphatic imine (C=N–C) groups is 1. The Bertz CT molecular complexity index is 922. The van der Waals surface area contributed by atoms with Crippen molar-refractivity contribution in [3.8, 4) is 0 Å². The molecule has 2 unspecified atom stereocenters. The van der Waals surface area contributed by atoms with Crippen molar-refractivity contribution in [2.24, 2.45) is 16.5 Å². The van der Waals surface area contributed by atoms with Crippen LogP contribution in [0.25, 0.3) is 0 Å². The van der Waals surface area contributed by atoms with E-state index in [1.165, 1.54) is 19.0 Å². The molecule has 1 aliphatic heterocycles. The second-order valence-electron chi connectivity index (χ2n) is 8.95. The Hall–Kier alpha value is -2.94. The lowest BCUT2D eigenvalue weighted by atomic mass is 9.87. The molecule has 9 nitrogen and oxygen atoms in total. The van der Waals surface area contributed by atoms with Gasteiger partial charge < -0.3 is 21.7 Å². The summed E-state index contributed by atoms with van der Waals surface area (Å²) < 4.78 is 0. The van der Waals surface area contributed by atoms with Crippen LogP contribution >= 0.6 is 0 Å². The summed E-state index contributed by atoms with van der Waals surface area (Å²) in [6.45, 7) is 7.68. The second kappa shape index (κ2) is 10.3. The highest BCUT2D eigenvalue weighted by Gasteiger charge is 2.46. The number of amidine groups is 1. The summed E-state index contributed by atoms with van der Waals surface area (Å²) in [4.78, 5) is 37.5. The van der Waals surface area contributed by atoms with Crippen molar-refractivity contribution in [2.45, 2.75) is 70.5 Å². The minimum absolute atomic E-state index is 0.0801. The Kier molecular flexibility index (Phi) is 7.73. The maximum atomic E-state index is 13.0. The zero-order valence-corrected chi connectivity index (χ0v) is 20.2. The number of nitrogens with two attached hydrogens (primary N) is 2. The lowest BCUT2D eigenvalue weighted by Gasteiger charge is -2.51. The summed E-state index contributed by atoms with van der Waals surface area (Å²) in [7, 11) is 2.17. The molecular formula is C24H37N7O2. The molecule has 9 heteroatoms. The van der Waals surface area contributed by atoms with Gasteiger partial charge in [0.1, 0.15) is 11.5 Å². The molecule has 0 bridgehead atoms. The molecule has 3 amide bonds. The minimum atomic E-state index is -0.515. The third-order valence-electron chi connectivity index (χ3n) is 6.98. The third kappa shape index (κ3) is 5.03. The van der Waals surface area contributed by atoms with Crippen LogP contribution in [0, 0.1) is 0 Å². The molecule has 33 heavy (non-hydrogen) atoms. The van der Waals surface area contributed by atoms with Gasteiger partial charge in [0.2, 0.25) is 0 Å². The maximum Gasteiger partial charge on any atom is 0.318 e. The number of hydrogen-bond acceptors (Lipinski definition) is 5. The zero-order valence-electron chi connectivity index (χ0n) is 20.2. The molecular weight excluding hydrogens is 418 g/mol. The van der Waals surface area contributed by atoms with E-state index in [0.29, 0.717) is 17.7 Å². The molecule has 1 saturated heterocycles. The lowest BCUT2D eigenvalue weighted by Crippen LogP contribution is -2.66. The minimum Gasteiger partial charge on any atom is -0.400 e. The predicted octanol–water partition coefficient (Wildman–Crippen LogP) is 2.25. The van der Waals surface area contributed by atoms with Gasteiger partial charge in [-0.1, -0.05) is 32.8 Å². The van der Waals surface area contributed by atoms with Gasteiger partial charge in [-0.3, -0.25) is 14.7 Å². The number of amides is 3. The van der Waals surface area contributed by atoms with E-state index >= 15 is 0 Å². The van der Waals surface area contributed by atoms with Gasteiger partial charge in [-0.2, -0.15) is 4.99 Å². The number of urea groups is 1. The molecule has 1 aromatic rings. The first-order valence-electron chi connectivity index (χ1n) is 11.9. The molecule has 0 aromatic carbocycles. The van der Waals surface area contributed by atoms with E-state index in [2.05, 4.69) is 34.2 Å². The van der Waals surface area contributed by atoms with Gasteiger partial charge in [0.05, 0.1) is 6.04 Å². The van der Waals surface area contributed by atoms with Gasteiger partial charge in [0.25, 0.3) is 5.91 Å². The molecule has 0 radical (unpaired) electrons. The van der Waals surface area contributed by atoms with Crippen molar-refractivity contribution in [2.75, 3.05) is 20.1 Å². The van der Waals surface area contributed by atoms with E-state index in [0.717, 1.165) is 25.9 Å².